The van der Waals surface area contributed by atoms with E-state index in [2.05, 4.69) is 26.0 Å². The van der Waals surface area contributed by atoms with Gasteiger partial charge in [-0.15, -0.1) is 0 Å². The molecule has 0 radical (unpaired) electrons. The molecule has 0 atom stereocenters. The Morgan fingerprint density at radius 1 is 1.00 bits per heavy atom. The molecule has 0 fully saturated rings. The molecule has 0 spiro atoms. The average molecular weight is 489 g/mol. The summed E-state index contributed by atoms with van der Waals surface area (Å²) in [6.45, 7) is 0.425. The third kappa shape index (κ3) is 5.61. The van der Waals surface area contributed by atoms with Crippen molar-refractivity contribution in [3.8, 4) is 5.75 Å². The first-order chi connectivity index (χ1) is 14.4. The Labute approximate surface area is 184 Å². The summed E-state index contributed by atoms with van der Waals surface area (Å²) in [7, 11) is -2.14. The van der Waals surface area contributed by atoms with Gasteiger partial charge in [-0.05, 0) is 60.5 Å². The SMILES string of the molecule is COc1ccccc1CCNC(=O)c1cccc(NS(=O)(=O)c2ccc(Br)cc2)c1. The maximum Gasteiger partial charge on any atom is 0.261 e. The highest BCUT2D eigenvalue weighted by Gasteiger charge is 2.15. The van der Waals surface area contributed by atoms with Crippen LogP contribution in [0.1, 0.15) is 15.9 Å². The molecule has 8 heteroatoms. The number of benzene rings is 3. The largest absolute Gasteiger partial charge is 0.496 e. The van der Waals surface area contributed by atoms with Gasteiger partial charge in [-0.3, -0.25) is 9.52 Å². The van der Waals surface area contributed by atoms with Crippen LogP contribution in [0.5, 0.6) is 5.75 Å². The van der Waals surface area contributed by atoms with Crippen LogP contribution in [0.15, 0.2) is 82.2 Å². The van der Waals surface area contributed by atoms with Crippen molar-refractivity contribution in [3.05, 3.63) is 88.4 Å². The van der Waals surface area contributed by atoms with Gasteiger partial charge in [-0.25, -0.2) is 8.42 Å². The fourth-order valence-electron chi connectivity index (χ4n) is 2.87. The summed E-state index contributed by atoms with van der Waals surface area (Å²) in [6.07, 6.45) is 0.617. The van der Waals surface area contributed by atoms with Gasteiger partial charge in [0.2, 0.25) is 0 Å². The van der Waals surface area contributed by atoms with E-state index in [-0.39, 0.29) is 10.8 Å². The van der Waals surface area contributed by atoms with Crippen molar-refractivity contribution < 1.29 is 17.9 Å². The molecule has 0 heterocycles. The maximum absolute atomic E-state index is 12.5. The molecule has 0 saturated heterocycles. The van der Waals surface area contributed by atoms with E-state index in [9.17, 15) is 13.2 Å². The van der Waals surface area contributed by atoms with Crippen LogP contribution in [0.2, 0.25) is 0 Å². The predicted octanol–water partition coefficient (Wildman–Crippen LogP) is 4.23. The van der Waals surface area contributed by atoms with Crippen LogP contribution in [0.25, 0.3) is 0 Å². The first kappa shape index (κ1) is 21.9. The van der Waals surface area contributed by atoms with Crippen LogP contribution in [0.3, 0.4) is 0 Å². The van der Waals surface area contributed by atoms with Gasteiger partial charge >= 0.3 is 0 Å². The second-order valence-corrected chi connectivity index (χ2v) is 9.06. The number of halogens is 1. The molecule has 0 unspecified atom stereocenters. The highest BCUT2D eigenvalue weighted by molar-refractivity contribution is 9.10. The molecular weight excluding hydrogens is 468 g/mol. The molecular formula is C22H21BrN2O4S. The molecule has 0 aliphatic rings. The van der Waals surface area contributed by atoms with E-state index < -0.39 is 10.0 Å². The van der Waals surface area contributed by atoms with Gasteiger partial charge in [0.05, 0.1) is 12.0 Å². The van der Waals surface area contributed by atoms with Gasteiger partial charge in [0.1, 0.15) is 5.75 Å². The van der Waals surface area contributed by atoms with Crippen molar-refractivity contribution in [1.29, 1.82) is 0 Å². The number of methoxy groups -OCH3 is 1. The predicted molar refractivity (Wildman–Crippen MR) is 120 cm³/mol. The summed E-state index contributed by atoms with van der Waals surface area (Å²) in [6, 6.07) is 20.3. The lowest BCUT2D eigenvalue weighted by molar-refractivity contribution is 0.0954. The maximum atomic E-state index is 12.5. The van der Waals surface area contributed by atoms with Gasteiger partial charge in [0.15, 0.2) is 0 Å². The standard InChI is InChI=1S/C22H21BrN2O4S/c1-29-21-8-3-2-5-16(21)13-14-24-22(26)17-6-4-7-19(15-17)25-30(27,28)20-11-9-18(23)10-12-20/h2-12,15,25H,13-14H2,1H3,(H,24,26). The van der Waals surface area contributed by atoms with E-state index in [0.29, 0.717) is 24.2 Å². The molecule has 156 valence electrons. The lowest BCUT2D eigenvalue weighted by Crippen LogP contribution is -2.26. The number of nitrogens with one attached hydrogen (secondary N) is 2. The summed E-state index contributed by atoms with van der Waals surface area (Å²) in [5.74, 6) is 0.491. The number of carbonyl (C=O) groups is 1. The van der Waals surface area contributed by atoms with Gasteiger partial charge in [0.25, 0.3) is 15.9 Å². The van der Waals surface area contributed by atoms with Crippen molar-refractivity contribution in [2.75, 3.05) is 18.4 Å². The lowest BCUT2D eigenvalue weighted by atomic mass is 10.1. The van der Waals surface area contributed by atoms with Gasteiger partial charge in [-0.2, -0.15) is 0 Å². The average Bonchev–Trinajstić information content (AvgIpc) is 2.74. The Bertz CT molecular complexity index is 1130. The summed E-state index contributed by atoms with van der Waals surface area (Å²) >= 11 is 3.28. The van der Waals surface area contributed by atoms with Crippen molar-refractivity contribution in [2.45, 2.75) is 11.3 Å². The molecule has 0 aliphatic carbocycles. The summed E-state index contributed by atoms with van der Waals surface area (Å²) in [5.41, 5.74) is 1.68. The van der Waals surface area contributed by atoms with Gasteiger partial charge in [-0.1, -0.05) is 40.2 Å². The Morgan fingerprint density at radius 2 is 1.73 bits per heavy atom. The van der Waals surface area contributed by atoms with Crippen molar-refractivity contribution in [2.24, 2.45) is 0 Å². The Morgan fingerprint density at radius 3 is 2.47 bits per heavy atom. The van der Waals surface area contributed by atoms with Crippen LogP contribution < -0.4 is 14.8 Å². The molecule has 0 aliphatic heterocycles. The van der Waals surface area contributed by atoms with E-state index in [1.807, 2.05) is 24.3 Å². The molecule has 3 rings (SSSR count). The highest BCUT2D eigenvalue weighted by atomic mass is 79.9. The van der Waals surface area contributed by atoms with E-state index in [1.165, 1.54) is 18.2 Å². The molecule has 30 heavy (non-hydrogen) atoms. The normalized spacial score (nSPS) is 11.0. The quantitative estimate of drug-likeness (QED) is 0.496. The lowest BCUT2D eigenvalue weighted by Gasteiger charge is -2.11. The first-order valence-electron chi connectivity index (χ1n) is 9.17. The van der Waals surface area contributed by atoms with Crippen molar-refractivity contribution in [3.63, 3.8) is 0 Å². The summed E-state index contributed by atoms with van der Waals surface area (Å²) in [4.78, 5) is 12.6. The number of amides is 1. The number of anilines is 1. The second kappa shape index (κ2) is 9.77. The Balaban J connectivity index is 1.64. The highest BCUT2D eigenvalue weighted by Crippen LogP contribution is 2.20. The molecule has 2 N–H and O–H groups in total. The van der Waals surface area contributed by atoms with Crippen LogP contribution >= 0.6 is 15.9 Å². The van der Waals surface area contributed by atoms with Crippen molar-refractivity contribution >= 4 is 37.5 Å². The van der Waals surface area contributed by atoms with Crippen molar-refractivity contribution in [1.82, 2.24) is 5.32 Å². The molecule has 3 aromatic rings. The summed E-state index contributed by atoms with van der Waals surface area (Å²) in [5, 5.41) is 2.85. The van der Waals surface area contributed by atoms with Crippen LogP contribution in [0.4, 0.5) is 5.69 Å². The van der Waals surface area contributed by atoms with E-state index >= 15 is 0 Å². The number of hydrogen-bond donors (Lipinski definition) is 2. The topological polar surface area (TPSA) is 84.5 Å². The summed E-state index contributed by atoms with van der Waals surface area (Å²) < 4.78 is 33.7. The van der Waals surface area contributed by atoms with Gasteiger partial charge in [0, 0.05) is 22.3 Å². The fraction of sp³-hybridized carbons (Fsp3) is 0.136. The molecule has 0 saturated carbocycles. The number of ether oxygens (including phenoxy) is 1. The zero-order valence-corrected chi connectivity index (χ0v) is 18.7. The van der Waals surface area contributed by atoms with Crippen LogP contribution in [-0.2, 0) is 16.4 Å². The van der Waals surface area contributed by atoms with Crippen LogP contribution in [-0.4, -0.2) is 28.0 Å². The number of rotatable bonds is 8. The Kier molecular flexibility index (Phi) is 7.12. The number of sulfonamides is 1. The first-order valence-corrected chi connectivity index (χ1v) is 11.5. The zero-order valence-electron chi connectivity index (χ0n) is 16.3. The van der Waals surface area contributed by atoms with Crippen LogP contribution in [0, 0.1) is 0 Å². The fourth-order valence-corrected chi connectivity index (χ4v) is 4.19. The minimum atomic E-state index is -3.75. The zero-order chi connectivity index (χ0) is 21.6. The minimum absolute atomic E-state index is 0.136. The molecule has 3 aromatic carbocycles. The number of hydrogen-bond acceptors (Lipinski definition) is 4. The molecule has 0 bridgehead atoms. The third-order valence-electron chi connectivity index (χ3n) is 4.37. The third-order valence-corrected chi connectivity index (χ3v) is 6.30. The molecule has 6 nitrogen and oxygen atoms in total. The van der Waals surface area contributed by atoms with E-state index in [1.54, 1.807) is 37.4 Å². The number of carbonyl (C=O) groups excluding carboxylic acids is 1. The van der Waals surface area contributed by atoms with E-state index in [0.717, 1.165) is 15.8 Å². The smallest absolute Gasteiger partial charge is 0.261 e. The minimum Gasteiger partial charge on any atom is -0.496 e. The monoisotopic (exact) mass is 488 g/mol. The second-order valence-electron chi connectivity index (χ2n) is 6.46. The number of para-hydroxylation sites is 1. The molecule has 0 aromatic heterocycles. The van der Waals surface area contributed by atoms with E-state index in [4.69, 9.17) is 4.74 Å². The molecule has 1 amide bonds. The van der Waals surface area contributed by atoms with Gasteiger partial charge < -0.3 is 10.1 Å². The Hall–Kier alpha value is -2.84.